The van der Waals surface area contributed by atoms with Gasteiger partial charge in [0.1, 0.15) is 12.2 Å². The van der Waals surface area contributed by atoms with Gasteiger partial charge in [-0.05, 0) is 12.1 Å². The zero-order chi connectivity index (χ0) is 20.4. The number of aromatic nitrogens is 5. The number of rotatable bonds is 4. The summed E-state index contributed by atoms with van der Waals surface area (Å²) in [4.78, 5) is 40.7. The number of amides is 2. The van der Waals surface area contributed by atoms with Gasteiger partial charge in [0.25, 0.3) is 5.91 Å². The molecule has 0 aromatic carbocycles. The highest BCUT2D eigenvalue weighted by molar-refractivity contribution is 5.96. The Morgan fingerprint density at radius 3 is 2.66 bits per heavy atom. The highest BCUT2D eigenvalue weighted by atomic mass is 16.5. The van der Waals surface area contributed by atoms with E-state index in [0.29, 0.717) is 36.0 Å². The van der Waals surface area contributed by atoms with E-state index >= 15 is 0 Å². The van der Waals surface area contributed by atoms with E-state index in [1.807, 2.05) is 0 Å². The summed E-state index contributed by atoms with van der Waals surface area (Å²) >= 11 is 0. The molecular formula is C19H19N7O3. The lowest BCUT2D eigenvalue weighted by Crippen LogP contribution is -2.50. The Morgan fingerprint density at radius 2 is 2.00 bits per heavy atom. The molecule has 0 atom stereocenters. The van der Waals surface area contributed by atoms with E-state index in [2.05, 4.69) is 20.1 Å². The lowest BCUT2D eigenvalue weighted by Gasteiger charge is -2.31. The zero-order valence-corrected chi connectivity index (χ0v) is 16.0. The average molecular weight is 393 g/mol. The summed E-state index contributed by atoms with van der Waals surface area (Å²) in [6, 6.07) is 5.14. The lowest BCUT2D eigenvalue weighted by molar-refractivity contribution is -0.133. The highest BCUT2D eigenvalue weighted by Gasteiger charge is 2.28. The number of likely N-dealkylation sites (N-methyl/N-ethyl adjacent to an activating group) is 1. The third kappa shape index (κ3) is 3.64. The SMILES string of the molecule is COc1ccc(-n2nc(C(=O)N3CCN(C)C(=O)C3)cc2-c2cnccn2)cn1. The van der Waals surface area contributed by atoms with E-state index < -0.39 is 0 Å². The smallest absolute Gasteiger partial charge is 0.274 e. The van der Waals surface area contributed by atoms with Crippen molar-refractivity contribution in [1.82, 2.24) is 34.5 Å². The van der Waals surface area contributed by atoms with Crippen LogP contribution in [0, 0.1) is 0 Å². The Morgan fingerprint density at radius 1 is 1.14 bits per heavy atom. The molecule has 0 spiro atoms. The Bertz CT molecular complexity index is 1030. The third-order valence-corrected chi connectivity index (χ3v) is 4.67. The Hall–Kier alpha value is -3.82. The molecule has 2 amide bonds. The number of pyridine rings is 1. The van der Waals surface area contributed by atoms with Gasteiger partial charge in [-0.2, -0.15) is 5.10 Å². The van der Waals surface area contributed by atoms with Crippen LogP contribution >= 0.6 is 0 Å². The van der Waals surface area contributed by atoms with Crippen LogP contribution in [-0.4, -0.2) is 80.1 Å². The predicted molar refractivity (Wildman–Crippen MR) is 102 cm³/mol. The second-order valence-electron chi connectivity index (χ2n) is 6.52. The van der Waals surface area contributed by atoms with Crippen LogP contribution in [0.25, 0.3) is 17.1 Å². The molecule has 3 aromatic heterocycles. The molecule has 0 saturated carbocycles. The van der Waals surface area contributed by atoms with Gasteiger partial charge >= 0.3 is 0 Å². The quantitative estimate of drug-likeness (QED) is 0.640. The van der Waals surface area contributed by atoms with Crippen LogP contribution in [0.1, 0.15) is 10.5 Å². The monoisotopic (exact) mass is 393 g/mol. The summed E-state index contributed by atoms with van der Waals surface area (Å²) in [5.74, 6) is 0.0588. The van der Waals surface area contributed by atoms with Gasteiger partial charge in [-0.1, -0.05) is 0 Å². The number of hydrogen-bond donors (Lipinski definition) is 0. The second kappa shape index (κ2) is 7.66. The fraction of sp³-hybridized carbons (Fsp3) is 0.263. The van der Waals surface area contributed by atoms with Crippen molar-refractivity contribution in [2.24, 2.45) is 0 Å². The first kappa shape index (κ1) is 18.5. The number of ether oxygens (including phenoxy) is 1. The minimum Gasteiger partial charge on any atom is -0.481 e. The fourth-order valence-corrected chi connectivity index (χ4v) is 3.01. The summed E-state index contributed by atoms with van der Waals surface area (Å²) < 4.78 is 6.69. The number of hydrogen-bond acceptors (Lipinski definition) is 7. The maximum absolute atomic E-state index is 13.0. The number of piperazine rings is 1. The average Bonchev–Trinajstić information content (AvgIpc) is 3.21. The molecule has 0 unspecified atom stereocenters. The van der Waals surface area contributed by atoms with E-state index in [-0.39, 0.29) is 24.1 Å². The minimum atomic E-state index is -0.309. The largest absolute Gasteiger partial charge is 0.481 e. The summed E-state index contributed by atoms with van der Waals surface area (Å²) in [6.45, 7) is 0.982. The van der Waals surface area contributed by atoms with Gasteiger partial charge in [0.2, 0.25) is 11.8 Å². The Kier molecular flexibility index (Phi) is 4.90. The normalized spacial score (nSPS) is 14.2. The summed E-state index contributed by atoms with van der Waals surface area (Å²) in [5, 5.41) is 4.48. The van der Waals surface area contributed by atoms with Crippen molar-refractivity contribution in [1.29, 1.82) is 0 Å². The van der Waals surface area contributed by atoms with Crippen molar-refractivity contribution in [3.63, 3.8) is 0 Å². The number of nitrogens with zero attached hydrogens (tertiary/aromatic N) is 7. The minimum absolute atomic E-state index is 0.0345. The van der Waals surface area contributed by atoms with Crippen molar-refractivity contribution < 1.29 is 14.3 Å². The van der Waals surface area contributed by atoms with Crippen molar-refractivity contribution in [3.05, 3.63) is 48.7 Å². The van der Waals surface area contributed by atoms with E-state index in [1.165, 1.54) is 12.0 Å². The molecule has 1 saturated heterocycles. The molecule has 0 bridgehead atoms. The molecule has 148 valence electrons. The van der Waals surface area contributed by atoms with E-state index in [0.717, 1.165) is 0 Å². The molecule has 0 radical (unpaired) electrons. The number of methoxy groups -OCH3 is 1. The second-order valence-corrected chi connectivity index (χ2v) is 6.52. The van der Waals surface area contributed by atoms with Crippen LogP contribution in [0.15, 0.2) is 43.0 Å². The molecule has 0 N–H and O–H groups in total. The molecule has 1 fully saturated rings. The molecule has 0 aliphatic carbocycles. The number of carbonyl (C=O) groups is 2. The first-order valence-electron chi connectivity index (χ1n) is 8.97. The number of carbonyl (C=O) groups excluding carboxylic acids is 2. The van der Waals surface area contributed by atoms with Crippen LogP contribution in [-0.2, 0) is 4.79 Å². The molecule has 10 nitrogen and oxygen atoms in total. The summed E-state index contributed by atoms with van der Waals surface area (Å²) in [7, 11) is 3.26. The Balaban J connectivity index is 1.73. The van der Waals surface area contributed by atoms with Crippen molar-refractivity contribution in [2.75, 3.05) is 33.8 Å². The van der Waals surface area contributed by atoms with Crippen molar-refractivity contribution in [2.45, 2.75) is 0 Å². The lowest BCUT2D eigenvalue weighted by atomic mass is 10.2. The van der Waals surface area contributed by atoms with Gasteiger partial charge < -0.3 is 14.5 Å². The van der Waals surface area contributed by atoms with E-state index in [4.69, 9.17) is 4.74 Å². The molecule has 10 heteroatoms. The van der Waals surface area contributed by atoms with Crippen LogP contribution < -0.4 is 4.74 Å². The van der Waals surface area contributed by atoms with Gasteiger partial charge in [0, 0.05) is 38.6 Å². The summed E-state index contributed by atoms with van der Waals surface area (Å²) in [5.41, 5.74) is 2.01. The van der Waals surface area contributed by atoms with Crippen molar-refractivity contribution >= 4 is 11.8 Å². The molecule has 1 aliphatic heterocycles. The molecule has 4 rings (SSSR count). The predicted octanol–water partition coefficient (Wildman–Crippen LogP) is 0.647. The van der Waals surface area contributed by atoms with Gasteiger partial charge in [0.05, 0.1) is 30.9 Å². The maximum atomic E-state index is 13.0. The molecule has 29 heavy (non-hydrogen) atoms. The van der Waals surface area contributed by atoms with Gasteiger partial charge in [0.15, 0.2) is 5.69 Å². The topological polar surface area (TPSA) is 106 Å². The van der Waals surface area contributed by atoms with Gasteiger partial charge in [-0.15, -0.1) is 0 Å². The standard InChI is InChI=1S/C19H19N7O3/c1-24-7-8-25(12-18(24)27)19(28)14-9-16(15-11-20-5-6-21-15)26(23-14)13-3-4-17(29-2)22-10-13/h3-6,9-11H,7-8,12H2,1-2H3. The molecular weight excluding hydrogens is 374 g/mol. The van der Waals surface area contributed by atoms with E-state index in [1.54, 1.807) is 59.6 Å². The first-order valence-corrected chi connectivity index (χ1v) is 8.97. The van der Waals surface area contributed by atoms with Crippen molar-refractivity contribution in [3.8, 4) is 23.0 Å². The van der Waals surface area contributed by atoms with Crippen LogP contribution in [0.4, 0.5) is 0 Å². The third-order valence-electron chi connectivity index (χ3n) is 4.67. The summed E-state index contributed by atoms with van der Waals surface area (Å²) in [6.07, 6.45) is 6.33. The zero-order valence-electron chi connectivity index (χ0n) is 16.0. The molecule has 1 aliphatic rings. The van der Waals surface area contributed by atoms with E-state index in [9.17, 15) is 9.59 Å². The first-order chi connectivity index (χ1) is 14.1. The highest BCUT2D eigenvalue weighted by Crippen LogP contribution is 2.23. The molecule has 4 heterocycles. The van der Waals surface area contributed by atoms with Gasteiger partial charge in [-0.25, -0.2) is 9.67 Å². The Labute approximate surface area is 166 Å². The van der Waals surface area contributed by atoms with Gasteiger partial charge in [-0.3, -0.25) is 19.6 Å². The fourth-order valence-electron chi connectivity index (χ4n) is 3.01. The van der Waals surface area contributed by atoms with Crippen LogP contribution in [0.5, 0.6) is 5.88 Å². The van der Waals surface area contributed by atoms with Crippen LogP contribution in [0.2, 0.25) is 0 Å². The maximum Gasteiger partial charge on any atom is 0.274 e. The van der Waals surface area contributed by atoms with Crippen LogP contribution in [0.3, 0.4) is 0 Å². The molecule has 3 aromatic rings.